The van der Waals surface area contributed by atoms with Gasteiger partial charge in [-0.25, -0.2) is 0 Å². The van der Waals surface area contributed by atoms with Crippen molar-refractivity contribution in [2.45, 2.75) is 32.6 Å². The lowest BCUT2D eigenvalue weighted by molar-refractivity contribution is -0.126. The van der Waals surface area contributed by atoms with E-state index in [1.165, 1.54) is 5.56 Å². The highest BCUT2D eigenvalue weighted by Gasteiger charge is 2.35. The molecule has 2 aromatic carbocycles. The van der Waals surface area contributed by atoms with Gasteiger partial charge in [0.05, 0.1) is 12.5 Å². The number of rotatable bonds is 8. The monoisotopic (exact) mass is 380 g/mol. The Morgan fingerprint density at radius 2 is 1.89 bits per heavy atom. The third-order valence-corrected chi connectivity index (χ3v) is 5.07. The number of carbonyl (C=O) groups excluding carboxylic acids is 2. The second-order valence-corrected chi connectivity index (χ2v) is 7.30. The summed E-state index contributed by atoms with van der Waals surface area (Å²) in [6.45, 7) is 5.80. The lowest BCUT2D eigenvalue weighted by Crippen LogP contribution is -2.35. The van der Waals surface area contributed by atoms with E-state index in [1.807, 2.05) is 42.5 Å². The smallest absolute Gasteiger partial charge is 0.227 e. The van der Waals surface area contributed by atoms with Crippen molar-refractivity contribution in [2.75, 3.05) is 24.6 Å². The van der Waals surface area contributed by atoms with E-state index in [0.29, 0.717) is 19.7 Å². The molecule has 5 nitrogen and oxygen atoms in total. The number of carbonyl (C=O) groups is 2. The van der Waals surface area contributed by atoms with Crippen molar-refractivity contribution < 1.29 is 14.3 Å². The lowest BCUT2D eigenvalue weighted by Gasteiger charge is -2.18. The van der Waals surface area contributed by atoms with Gasteiger partial charge < -0.3 is 15.0 Å². The number of benzene rings is 2. The van der Waals surface area contributed by atoms with Crippen LogP contribution in [0.3, 0.4) is 0 Å². The summed E-state index contributed by atoms with van der Waals surface area (Å²) in [6.07, 6.45) is 1.20. The summed E-state index contributed by atoms with van der Waals surface area (Å²) in [6, 6.07) is 17.6. The molecule has 148 valence electrons. The number of ether oxygens (including phenoxy) is 1. The largest absolute Gasteiger partial charge is 0.494 e. The molecule has 2 atom stereocenters. The zero-order valence-electron chi connectivity index (χ0n) is 16.6. The van der Waals surface area contributed by atoms with Gasteiger partial charge in [0.1, 0.15) is 5.75 Å². The fourth-order valence-electron chi connectivity index (χ4n) is 3.37. The molecule has 28 heavy (non-hydrogen) atoms. The molecule has 1 aliphatic rings. The molecule has 5 heteroatoms. The first-order valence-electron chi connectivity index (χ1n) is 9.94. The molecular weight excluding hydrogens is 352 g/mol. The molecule has 1 fully saturated rings. The first kappa shape index (κ1) is 19.9. The van der Waals surface area contributed by atoms with Crippen molar-refractivity contribution in [3.8, 4) is 5.75 Å². The van der Waals surface area contributed by atoms with Crippen LogP contribution in [0.5, 0.6) is 5.75 Å². The average molecular weight is 380 g/mol. The number of hydrogen-bond acceptors (Lipinski definition) is 3. The van der Waals surface area contributed by atoms with Crippen LogP contribution < -0.4 is 15.0 Å². The van der Waals surface area contributed by atoms with Crippen LogP contribution >= 0.6 is 0 Å². The summed E-state index contributed by atoms with van der Waals surface area (Å²) >= 11 is 0. The number of anilines is 1. The Hall–Kier alpha value is -2.82. The van der Waals surface area contributed by atoms with Crippen molar-refractivity contribution in [1.29, 1.82) is 0 Å². The standard InChI is InChI=1S/C23H28N2O3/c1-3-13-28-21-11-9-20(10-12-21)25-16-19(14-22(25)26)23(27)24-15-17(2)18-7-5-4-6-8-18/h4-12,17,19H,3,13-16H2,1-2H3,(H,24,27)/t17-,19-/m1/s1. The van der Waals surface area contributed by atoms with Crippen LogP contribution in [0, 0.1) is 5.92 Å². The van der Waals surface area contributed by atoms with E-state index in [0.717, 1.165) is 17.9 Å². The fourth-order valence-corrected chi connectivity index (χ4v) is 3.37. The molecule has 1 heterocycles. The molecule has 3 rings (SSSR count). The predicted octanol–water partition coefficient (Wildman–Crippen LogP) is 3.75. The average Bonchev–Trinajstić information content (AvgIpc) is 3.13. The molecule has 1 N–H and O–H groups in total. The van der Waals surface area contributed by atoms with Crippen molar-refractivity contribution in [2.24, 2.45) is 5.92 Å². The highest BCUT2D eigenvalue weighted by Crippen LogP contribution is 2.27. The van der Waals surface area contributed by atoms with Gasteiger partial charge in [0, 0.05) is 25.2 Å². The van der Waals surface area contributed by atoms with Crippen LogP contribution in [-0.2, 0) is 9.59 Å². The van der Waals surface area contributed by atoms with Crippen molar-refractivity contribution >= 4 is 17.5 Å². The van der Waals surface area contributed by atoms with Gasteiger partial charge in [0.15, 0.2) is 0 Å². The van der Waals surface area contributed by atoms with Gasteiger partial charge in [0.2, 0.25) is 11.8 Å². The fraction of sp³-hybridized carbons (Fsp3) is 0.391. The van der Waals surface area contributed by atoms with Crippen molar-refractivity contribution in [1.82, 2.24) is 5.32 Å². The topological polar surface area (TPSA) is 58.6 Å². The molecule has 0 bridgehead atoms. The maximum absolute atomic E-state index is 12.6. The minimum absolute atomic E-state index is 0.0153. The Labute approximate surface area is 166 Å². The van der Waals surface area contributed by atoms with Gasteiger partial charge in [-0.15, -0.1) is 0 Å². The van der Waals surface area contributed by atoms with Gasteiger partial charge >= 0.3 is 0 Å². The van der Waals surface area contributed by atoms with Crippen molar-refractivity contribution in [3.05, 3.63) is 60.2 Å². The van der Waals surface area contributed by atoms with E-state index in [9.17, 15) is 9.59 Å². The Kier molecular flexibility index (Phi) is 6.69. The summed E-state index contributed by atoms with van der Waals surface area (Å²) in [5.41, 5.74) is 2.00. The first-order valence-corrected chi connectivity index (χ1v) is 9.94. The van der Waals surface area contributed by atoms with E-state index in [1.54, 1.807) is 4.90 Å². The molecule has 0 aliphatic carbocycles. The van der Waals surface area contributed by atoms with Gasteiger partial charge in [-0.3, -0.25) is 9.59 Å². The van der Waals surface area contributed by atoms with E-state index in [-0.39, 0.29) is 30.1 Å². The van der Waals surface area contributed by atoms with Gasteiger partial charge in [-0.1, -0.05) is 44.2 Å². The van der Waals surface area contributed by atoms with Crippen LogP contribution in [0.25, 0.3) is 0 Å². The number of hydrogen-bond donors (Lipinski definition) is 1. The minimum Gasteiger partial charge on any atom is -0.494 e. The van der Waals surface area contributed by atoms with E-state index in [4.69, 9.17) is 4.74 Å². The highest BCUT2D eigenvalue weighted by molar-refractivity contribution is 6.00. The molecule has 2 aromatic rings. The molecular formula is C23H28N2O3. The summed E-state index contributed by atoms with van der Waals surface area (Å²) < 4.78 is 5.58. The number of nitrogens with one attached hydrogen (secondary N) is 1. The lowest BCUT2D eigenvalue weighted by atomic mass is 10.0. The van der Waals surface area contributed by atoms with Gasteiger partial charge in [-0.05, 0) is 42.2 Å². The molecule has 1 aliphatic heterocycles. The van der Waals surface area contributed by atoms with Crippen molar-refractivity contribution in [3.63, 3.8) is 0 Å². The SMILES string of the molecule is CCCOc1ccc(N2C[C@H](C(=O)NC[C@@H](C)c3ccccc3)CC2=O)cc1. The van der Waals surface area contributed by atoms with Crippen LogP contribution in [0.1, 0.15) is 38.2 Å². The van der Waals surface area contributed by atoms with Crippen LogP contribution in [0.15, 0.2) is 54.6 Å². The zero-order chi connectivity index (χ0) is 19.9. The Morgan fingerprint density at radius 1 is 1.18 bits per heavy atom. The second-order valence-electron chi connectivity index (χ2n) is 7.30. The number of amides is 2. The first-order chi connectivity index (χ1) is 13.6. The van der Waals surface area contributed by atoms with Crippen LogP contribution in [0.2, 0.25) is 0 Å². The van der Waals surface area contributed by atoms with E-state index in [2.05, 4.69) is 31.3 Å². The molecule has 0 unspecified atom stereocenters. The molecule has 0 radical (unpaired) electrons. The van der Waals surface area contributed by atoms with Crippen LogP contribution in [0.4, 0.5) is 5.69 Å². The molecule has 0 saturated carbocycles. The maximum Gasteiger partial charge on any atom is 0.227 e. The number of nitrogens with zero attached hydrogens (tertiary/aromatic N) is 1. The quantitative estimate of drug-likeness (QED) is 0.759. The Balaban J connectivity index is 1.54. The molecule has 2 amide bonds. The normalized spacial score (nSPS) is 17.4. The molecule has 0 aromatic heterocycles. The zero-order valence-corrected chi connectivity index (χ0v) is 16.6. The molecule has 1 saturated heterocycles. The van der Waals surface area contributed by atoms with Gasteiger partial charge in [-0.2, -0.15) is 0 Å². The maximum atomic E-state index is 12.6. The summed E-state index contributed by atoms with van der Waals surface area (Å²) in [5, 5.41) is 3.01. The predicted molar refractivity (Wildman–Crippen MR) is 111 cm³/mol. The summed E-state index contributed by atoms with van der Waals surface area (Å²) in [4.78, 5) is 26.7. The van der Waals surface area contributed by atoms with Gasteiger partial charge in [0.25, 0.3) is 0 Å². The van der Waals surface area contributed by atoms with E-state index < -0.39 is 0 Å². The summed E-state index contributed by atoms with van der Waals surface area (Å²) in [5.74, 6) is 0.641. The minimum atomic E-state index is -0.313. The third-order valence-electron chi connectivity index (χ3n) is 5.07. The molecule has 0 spiro atoms. The van der Waals surface area contributed by atoms with E-state index >= 15 is 0 Å². The Morgan fingerprint density at radius 3 is 2.57 bits per heavy atom. The van der Waals surface area contributed by atoms with Crippen LogP contribution in [-0.4, -0.2) is 31.5 Å². The highest BCUT2D eigenvalue weighted by atomic mass is 16.5. The summed E-state index contributed by atoms with van der Waals surface area (Å²) in [7, 11) is 0. The Bertz CT molecular complexity index is 789. The third kappa shape index (κ3) is 4.91. The second kappa shape index (κ2) is 9.40.